The minimum Gasteiger partial charge on any atom is -0.412 e. The van der Waals surface area contributed by atoms with Crippen molar-refractivity contribution in [2.45, 2.75) is 69.7 Å². The van der Waals surface area contributed by atoms with Crippen LogP contribution in [0.3, 0.4) is 0 Å². The molecule has 1 atom stereocenters. The highest BCUT2D eigenvalue weighted by Gasteiger charge is 2.42. The molecule has 0 N–H and O–H groups in total. The maximum absolute atomic E-state index is 12.9. The van der Waals surface area contributed by atoms with Crippen molar-refractivity contribution in [3.63, 3.8) is 0 Å². The van der Waals surface area contributed by atoms with Crippen molar-refractivity contribution in [1.29, 1.82) is 0 Å². The van der Waals surface area contributed by atoms with Gasteiger partial charge in [0.15, 0.2) is 8.32 Å². The fourth-order valence-corrected chi connectivity index (χ4v) is 5.38. The average Bonchev–Trinajstić information content (AvgIpc) is 2.48. The summed E-state index contributed by atoms with van der Waals surface area (Å²) < 4.78 is 33.1. The minimum absolute atomic E-state index is 0.0368. The zero-order valence-electron chi connectivity index (χ0n) is 16.0. The molecule has 0 aliphatic carbocycles. The summed E-state index contributed by atoms with van der Waals surface area (Å²) in [6.45, 7) is 12.7. The Morgan fingerprint density at radius 2 is 1.72 bits per heavy atom. The smallest absolute Gasteiger partial charge is 0.266 e. The summed E-state index contributed by atoms with van der Waals surface area (Å²) in [6.07, 6.45) is 0.536. The third kappa shape index (κ3) is 4.32. The largest absolute Gasteiger partial charge is 0.412 e. The number of hydrogen-bond acceptors (Lipinski definition) is 4. The molecule has 1 aliphatic heterocycles. The van der Waals surface area contributed by atoms with Gasteiger partial charge in [-0.2, -0.15) is 0 Å². The third-order valence-corrected chi connectivity index (χ3v) is 11.5. The summed E-state index contributed by atoms with van der Waals surface area (Å²) in [5.74, 6) is -0.351. The molecular weight excluding hydrogens is 354 g/mol. The molecule has 0 bridgehead atoms. The summed E-state index contributed by atoms with van der Waals surface area (Å²) in [5.41, 5.74) is 0.975. The molecule has 1 heterocycles. The Morgan fingerprint density at radius 1 is 1.16 bits per heavy atom. The van der Waals surface area contributed by atoms with Crippen molar-refractivity contribution in [1.82, 2.24) is 4.31 Å². The van der Waals surface area contributed by atoms with Crippen LogP contribution in [-0.2, 0) is 19.2 Å². The van der Waals surface area contributed by atoms with Gasteiger partial charge in [0.1, 0.15) is 0 Å². The molecular formula is C18H29NO4SSi. The van der Waals surface area contributed by atoms with E-state index < -0.39 is 18.3 Å². The second-order valence-corrected chi connectivity index (χ2v) is 14.9. The van der Waals surface area contributed by atoms with E-state index in [2.05, 4.69) is 33.9 Å². The van der Waals surface area contributed by atoms with Crippen molar-refractivity contribution >= 4 is 24.2 Å². The van der Waals surface area contributed by atoms with Gasteiger partial charge in [0, 0.05) is 6.42 Å². The van der Waals surface area contributed by atoms with Gasteiger partial charge in [-0.1, -0.05) is 38.5 Å². The lowest BCUT2D eigenvalue weighted by Crippen LogP contribution is -2.52. The maximum atomic E-state index is 12.9. The first-order valence-corrected chi connectivity index (χ1v) is 13.0. The first-order chi connectivity index (χ1) is 11.3. The monoisotopic (exact) mass is 383 g/mol. The van der Waals surface area contributed by atoms with Crippen LogP contribution in [0.5, 0.6) is 0 Å². The van der Waals surface area contributed by atoms with Crippen LogP contribution in [-0.4, -0.2) is 39.6 Å². The fourth-order valence-electron chi connectivity index (χ4n) is 2.55. The molecule has 1 aromatic rings. The van der Waals surface area contributed by atoms with Gasteiger partial charge in [0.2, 0.25) is 5.91 Å². The quantitative estimate of drug-likeness (QED) is 0.744. The normalized spacial score (nSPS) is 20.0. The van der Waals surface area contributed by atoms with Gasteiger partial charge in [-0.3, -0.25) is 4.79 Å². The lowest BCUT2D eigenvalue weighted by Gasteiger charge is -2.41. The van der Waals surface area contributed by atoms with Crippen LogP contribution in [0.1, 0.15) is 39.2 Å². The molecule has 0 saturated carbocycles. The highest BCUT2D eigenvalue weighted by molar-refractivity contribution is 7.89. The predicted molar refractivity (Wildman–Crippen MR) is 101 cm³/mol. The van der Waals surface area contributed by atoms with Crippen molar-refractivity contribution < 1.29 is 17.6 Å². The maximum Gasteiger partial charge on any atom is 0.266 e. The van der Waals surface area contributed by atoms with Crippen molar-refractivity contribution in [2.75, 3.05) is 6.54 Å². The molecule has 1 aliphatic rings. The molecule has 5 nitrogen and oxygen atoms in total. The Morgan fingerprint density at radius 3 is 2.24 bits per heavy atom. The Hall–Kier alpha value is -1.18. The molecule has 7 heteroatoms. The number of carbonyl (C=O) groups excluding carboxylic acids is 1. The number of rotatable bonds is 4. The highest BCUT2D eigenvalue weighted by Crippen LogP contribution is 2.38. The molecule has 0 aromatic heterocycles. The van der Waals surface area contributed by atoms with Gasteiger partial charge >= 0.3 is 0 Å². The SMILES string of the molecule is Cc1ccc(S(=O)(=O)N2C[C@H](O[Si](C)(C)C(C)(C)C)CCC2=O)cc1. The lowest BCUT2D eigenvalue weighted by atomic mass is 10.1. The topological polar surface area (TPSA) is 63.7 Å². The molecule has 140 valence electrons. The molecule has 1 amide bonds. The van der Waals surface area contributed by atoms with Gasteiger partial charge in [-0.15, -0.1) is 0 Å². The first kappa shape index (κ1) is 20.1. The number of piperidine rings is 1. The van der Waals surface area contributed by atoms with Gasteiger partial charge < -0.3 is 4.43 Å². The van der Waals surface area contributed by atoms with Crippen LogP contribution in [0.2, 0.25) is 18.1 Å². The third-order valence-electron chi connectivity index (χ3n) is 5.20. The van der Waals surface area contributed by atoms with E-state index in [9.17, 15) is 13.2 Å². The second-order valence-electron chi connectivity index (χ2n) is 8.28. The van der Waals surface area contributed by atoms with Crippen LogP contribution in [0.4, 0.5) is 0 Å². The Bertz CT molecular complexity index is 735. The number of nitrogens with zero attached hydrogens (tertiary/aromatic N) is 1. The van der Waals surface area contributed by atoms with Crippen molar-refractivity contribution in [3.05, 3.63) is 29.8 Å². The second kappa shape index (κ2) is 6.85. The molecule has 0 spiro atoms. The van der Waals surface area contributed by atoms with Gasteiger partial charge in [0.05, 0.1) is 17.5 Å². The minimum atomic E-state index is -3.83. The van der Waals surface area contributed by atoms with Crippen LogP contribution in [0.15, 0.2) is 29.2 Å². The van der Waals surface area contributed by atoms with E-state index in [4.69, 9.17) is 4.43 Å². The van der Waals surface area contributed by atoms with E-state index in [0.29, 0.717) is 6.42 Å². The summed E-state index contributed by atoms with van der Waals surface area (Å²) in [5, 5.41) is 0.0368. The molecule has 0 radical (unpaired) electrons. The number of benzene rings is 1. The van der Waals surface area contributed by atoms with Gasteiger partial charge in [0.25, 0.3) is 10.0 Å². The van der Waals surface area contributed by atoms with Crippen LogP contribution < -0.4 is 0 Å². The predicted octanol–water partition coefficient (Wildman–Crippen LogP) is 3.70. The average molecular weight is 384 g/mol. The summed E-state index contributed by atoms with van der Waals surface area (Å²) in [7, 11) is -5.86. The molecule has 1 saturated heterocycles. The number of aryl methyl sites for hydroxylation is 1. The first-order valence-electron chi connectivity index (χ1n) is 8.65. The van der Waals surface area contributed by atoms with Gasteiger partial charge in [-0.25, -0.2) is 12.7 Å². The van der Waals surface area contributed by atoms with E-state index in [-0.39, 0.29) is 34.9 Å². The molecule has 2 rings (SSSR count). The van der Waals surface area contributed by atoms with Crippen molar-refractivity contribution in [2.24, 2.45) is 0 Å². The number of sulfonamides is 1. The molecule has 0 unspecified atom stereocenters. The standard InChI is InChI=1S/C18H29NO4SSi/c1-14-7-10-16(11-8-14)24(21,22)19-13-15(9-12-17(19)20)23-25(5,6)18(2,3)4/h7-8,10-11,15H,9,12-13H2,1-6H3/t15-/m1/s1. The number of amides is 1. The lowest BCUT2D eigenvalue weighted by molar-refractivity contribution is -0.130. The summed E-state index contributed by atoms with van der Waals surface area (Å²) in [6, 6.07) is 6.59. The fraction of sp³-hybridized carbons (Fsp3) is 0.611. The van der Waals surface area contributed by atoms with Gasteiger partial charge in [-0.05, 0) is 43.6 Å². The zero-order chi connectivity index (χ0) is 19.0. The van der Waals surface area contributed by atoms with Crippen LogP contribution >= 0.6 is 0 Å². The zero-order valence-corrected chi connectivity index (χ0v) is 17.8. The van der Waals surface area contributed by atoms with Crippen molar-refractivity contribution in [3.8, 4) is 0 Å². The number of hydrogen-bond donors (Lipinski definition) is 0. The molecule has 25 heavy (non-hydrogen) atoms. The van der Waals surface area contributed by atoms with E-state index >= 15 is 0 Å². The Labute approximate surface area is 152 Å². The van der Waals surface area contributed by atoms with Crippen LogP contribution in [0, 0.1) is 6.92 Å². The molecule has 1 fully saturated rings. The molecule has 1 aromatic carbocycles. The van der Waals surface area contributed by atoms with E-state index in [0.717, 1.165) is 9.87 Å². The van der Waals surface area contributed by atoms with E-state index in [1.807, 2.05) is 6.92 Å². The summed E-state index contributed by atoms with van der Waals surface area (Å²) in [4.78, 5) is 12.4. The number of carbonyl (C=O) groups is 1. The van der Waals surface area contributed by atoms with E-state index in [1.54, 1.807) is 24.3 Å². The highest BCUT2D eigenvalue weighted by atomic mass is 32.2. The Kier molecular flexibility index (Phi) is 5.52. The van der Waals surface area contributed by atoms with Crippen LogP contribution in [0.25, 0.3) is 0 Å². The Balaban J connectivity index is 2.23. The summed E-state index contributed by atoms with van der Waals surface area (Å²) >= 11 is 0. The van der Waals surface area contributed by atoms with E-state index in [1.165, 1.54) is 0 Å².